The van der Waals surface area contributed by atoms with Crippen LogP contribution in [0.1, 0.15) is 22.3 Å². The molecule has 5 nitrogen and oxygen atoms in total. The predicted molar refractivity (Wildman–Crippen MR) is 123 cm³/mol. The molecule has 2 amide bonds. The highest BCUT2D eigenvalue weighted by Gasteiger charge is 2.40. The first-order valence-corrected chi connectivity index (χ1v) is 10.1. The summed E-state index contributed by atoms with van der Waals surface area (Å²) in [6, 6.07) is 20.5. The minimum atomic E-state index is -0.374. The summed E-state index contributed by atoms with van der Waals surface area (Å²) in [5, 5.41) is 3.24. The molecule has 0 radical (unpaired) electrons. The van der Waals surface area contributed by atoms with Crippen LogP contribution in [-0.2, 0) is 9.59 Å². The van der Waals surface area contributed by atoms with E-state index in [0.717, 1.165) is 22.4 Å². The average molecular weight is 412 g/mol. The van der Waals surface area contributed by atoms with Gasteiger partial charge in [0.25, 0.3) is 11.8 Å². The SMILES string of the molecule is COc1ccc(C2=C(Nc3ccc(C)cc3C)C(=O)N(c3cccc(C)c3)C2=O)cc1. The molecule has 1 aliphatic heterocycles. The Kier molecular flexibility index (Phi) is 5.34. The standard InChI is InChI=1S/C26H24N2O3/c1-16-6-5-7-20(15-16)28-25(29)23(19-9-11-21(31-4)12-10-19)24(26(28)30)27-22-13-8-17(2)14-18(22)3/h5-15,27H,1-4H3. The van der Waals surface area contributed by atoms with Gasteiger partial charge in [0.1, 0.15) is 11.4 Å². The molecule has 0 saturated heterocycles. The molecule has 0 bridgehead atoms. The molecule has 3 aromatic carbocycles. The van der Waals surface area contributed by atoms with Gasteiger partial charge in [-0.3, -0.25) is 9.59 Å². The number of imide groups is 1. The molecular formula is C26H24N2O3. The maximum absolute atomic E-state index is 13.5. The Morgan fingerprint density at radius 2 is 1.52 bits per heavy atom. The van der Waals surface area contributed by atoms with E-state index < -0.39 is 0 Å². The van der Waals surface area contributed by atoms with E-state index in [4.69, 9.17) is 4.74 Å². The van der Waals surface area contributed by atoms with E-state index in [9.17, 15) is 9.59 Å². The van der Waals surface area contributed by atoms with Gasteiger partial charge in [-0.1, -0.05) is 42.0 Å². The van der Waals surface area contributed by atoms with Crippen molar-refractivity contribution in [2.75, 3.05) is 17.3 Å². The van der Waals surface area contributed by atoms with Gasteiger partial charge >= 0.3 is 0 Å². The number of aryl methyl sites for hydroxylation is 3. The molecule has 0 aromatic heterocycles. The quantitative estimate of drug-likeness (QED) is 0.598. The van der Waals surface area contributed by atoms with Crippen molar-refractivity contribution in [3.8, 4) is 5.75 Å². The van der Waals surface area contributed by atoms with Crippen LogP contribution in [0.2, 0.25) is 0 Å². The fraction of sp³-hybridized carbons (Fsp3) is 0.154. The summed E-state index contributed by atoms with van der Waals surface area (Å²) in [5.41, 5.74) is 5.70. The first kappa shape index (κ1) is 20.4. The van der Waals surface area contributed by atoms with Gasteiger partial charge in [0.2, 0.25) is 0 Å². The van der Waals surface area contributed by atoms with Crippen molar-refractivity contribution in [1.29, 1.82) is 0 Å². The lowest BCUT2D eigenvalue weighted by Crippen LogP contribution is -2.32. The summed E-state index contributed by atoms with van der Waals surface area (Å²) >= 11 is 0. The summed E-state index contributed by atoms with van der Waals surface area (Å²) in [4.78, 5) is 28.2. The maximum atomic E-state index is 13.5. The minimum Gasteiger partial charge on any atom is -0.497 e. The van der Waals surface area contributed by atoms with E-state index in [1.807, 2.05) is 57.2 Å². The van der Waals surface area contributed by atoms with E-state index >= 15 is 0 Å². The van der Waals surface area contributed by atoms with Gasteiger partial charge in [-0.05, 0) is 67.8 Å². The molecule has 0 fully saturated rings. The highest BCUT2D eigenvalue weighted by atomic mass is 16.5. The molecule has 5 heteroatoms. The third-order valence-corrected chi connectivity index (χ3v) is 5.36. The summed E-state index contributed by atoms with van der Waals surface area (Å²) in [6.07, 6.45) is 0. The normalized spacial score (nSPS) is 13.7. The van der Waals surface area contributed by atoms with Crippen molar-refractivity contribution in [3.05, 3.63) is 94.7 Å². The molecule has 1 heterocycles. The van der Waals surface area contributed by atoms with Crippen molar-refractivity contribution < 1.29 is 14.3 Å². The van der Waals surface area contributed by atoms with Gasteiger partial charge in [-0.2, -0.15) is 0 Å². The number of nitrogens with zero attached hydrogens (tertiary/aromatic N) is 1. The fourth-order valence-corrected chi connectivity index (χ4v) is 3.76. The number of nitrogens with one attached hydrogen (secondary N) is 1. The Morgan fingerprint density at radius 3 is 2.16 bits per heavy atom. The van der Waals surface area contributed by atoms with Crippen LogP contribution in [0.5, 0.6) is 5.75 Å². The van der Waals surface area contributed by atoms with Crippen LogP contribution in [0, 0.1) is 20.8 Å². The Hall–Kier alpha value is -3.86. The lowest BCUT2D eigenvalue weighted by molar-refractivity contribution is -0.120. The second kappa shape index (κ2) is 8.11. The molecule has 4 rings (SSSR count). The lowest BCUT2D eigenvalue weighted by atomic mass is 10.0. The van der Waals surface area contributed by atoms with Crippen LogP contribution < -0.4 is 15.0 Å². The third-order valence-electron chi connectivity index (χ3n) is 5.36. The average Bonchev–Trinajstić information content (AvgIpc) is 2.99. The van der Waals surface area contributed by atoms with Gasteiger partial charge in [0, 0.05) is 5.69 Å². The largest absolute Gasteiger partial charge is 0.497 e. The van der Waals surface area contributed by atoms with E-state index in [0.29, 0.717) is 22.6 Å². The second-order valence-electron chi connectivity index (χ2n) is 7.71. The van der Waals surface area contributed by atoms with Crippen LogP contribution in [0.15, 0.2) is 72.4 Å². The number of amides is 2. The molecule has 1 N–H and O–H groups in total. The number of anilines is 2. The molecule has 0 spiro atoms. The number of carbonyl (C=O) groups excluding carboxylic acids is 2. The first-order chi connectivity index (χ1) is 14.9. The summed E-state index contributed by atoms with van der Waals surface area (Å²) in [6.45, 7) is 5.92. The minimum absolute atomic E-state index is 0.267. The van der Waals surface area contributed by atoms with Gasteiger partial charge in [0.15, 0.2) is 0 Å². The number of hydrogen-bond donors (Lipinski definition) is 1. The first-order valence-electron chi connectivity index (χ1n) is 10.1. The van der Waals surface area contributed by atoms with Crippen LogP contribution >= 0.6 is 0 Å². The van der Waals surface area contributed by atoms with Gasteiger partial charge in [-0.25, -0.2) is 4.90 Å². The number of carbonyl (C=O) groups is 2. The number of hydrogen-bond acceptors (Lipinski definition) is 4. The van der Waals surface area contributed by atoms with Crippen LogP contribution in [0.4, 0.5) is 11.4 Å². The smallest absolute Gasteiger partial charge is 0.282 e. The monoisotopic (exact) mass is 412 g/mol. The molecule has 3 aromatic rings. The summed E-state index contributed by atoms with van der Waals surface area (Å²) in [7, 11) is 1.59. The Balaban J connectivity index is 1.83. The van der Waals surface area contributed by atoms with Crippen molar-refractivity contribution in [1.82, 2.24) is 0 Å². The fourth-order valence-electron chi connectivity index (χ4n) is 3.76. The lowest BCUT2D eigenvalue weighted by Gasteiger charge is -2.16. The molecule has 156 valence electrons. The number of benzene rings is 3. The predicted octanol–water partition coefficient (Wildman–Crippen LogP) is 5.02. The Morgan fingerprint density at radius 1 is 0.806 bits per heavy atom. The van der Waals surface area contributed by atoms with Crippen molar-refractivity contribution in [2.24, 2.45) is 0 Å². The molecular weight excluding hydrogens is 388 g/mol. The summed E-state index contributed by atoms with van der Waals surface area (Å²) in [5.74, 6) is -0.0463. The molecule has 0 unspecified atom stereocenters. The maximum Gasteiger partial charge on any atom is 0.282 e. The van der Waals surface area contributed by atoms with Gasteiger partial charge in [-0.15, -0.1) is 0 Å². The van der Waals surface area contributed by atoms with Crippen molar-refractivity contribution in [2.45, 2.75) is 20.8 Å². The van der Waals surface area contributed by atoms with E-state index in [1.165, 1.54) is 4.90 Å². The summed E-state index contributed by atoms with van der Waals surface area (Å²) < 4.78 is 5.24. The Bertz CT molecular complexity index is 1210. The highest BCUT2D eigenvalue weighted by molar-refractivity contribution is 6.46. The molecule has 0 aliphatic carbocycles. The van der Waals surface area contributed by atoms with E-state index in [2.05, 4.69) is 5.32 Å². The zero-order chi connectivity index (χ0) is 22.1. The van der Waals surface area contributed by atoms with Crippen LogP contribution in [0.3, 0.4) is 0 Å². The second-order valence-corrected chi connectivity index (χ2v) is 7.71. The van der Waals surface area contributed by atoms with E-state index in [-0.39, 0.29) is 17.5 Å². The molecule has 1 aliphatic rings. The van der Waals surface area contributed by atoms with Crippen molar-refractivity contribution >= 4 is 28.8 Å². The molecule has 0 saturated carbocycles. The van der Waals surface area contributed by atoms with Gasteiger partial charge in [0.05, 0.1) is 18.4 Å². The number of methoxy groups -OCH3 is 1. The van der Waals surface area contributed by atoms with Crippen molar-refractivity contribution in [3.63, 3.8) is 0 Å². The highest BCUT2D eigenvalue weighted by Crippen LogP contribution is 2.35. The number of rotatable bonds is 5. The Labute approximate surface area is 182 Å². The third kappa shape index (κ3) is 3.82. The van der Waals surface area contributed by atoms with E-state index in [1.54, 1.807) is 37.4 Å². The van der Waals surface area contributed by atoms with Crippen LogP contribution in [0.25, 0.3) is 5.57 Å². The zero-order valence-electron chi connectivity index (χ0n) is 18.0. The number of ether oxygens (including phenoxy) is 1. The zero-order valence-corrected chi connectivity index (χ0v) is 18.0. The molecule has 0 atom stereocenters. The van der Waals surface area contributed by atoms with Crippen LogP contribution in [-0.4, -0.2) is 18.9 Å². The van der Waals surface area contributed by atoms with Gasteiger partial charge < -0.3 is 10.1 Å². The topological polar surface area (TPSA) is 58.6 Å². The molecule has 31 heavy (non-hydrogen) atoms.